The Kier molecular flexibility index (Phi) is 3.05. The van der Waals surface area contributed by atoms with Crippen molar-refractivity contribution in [1.29, 1.82) is 0 Å². The monoisotopic (exact) mass is 270 g/mol. The lowest BCUT2D eigenvalue weighted by atomic mass is 10.2. The third-order valence-corrected chi connectivity index (χ3v) is 3.12. The Bertz CT molecular complexity index is 726. The van der Waals surface area contributed by atoms with Crippen molar-refractivity contribution in [3.63, 3.8) is 0 Å². The first kappa shape index (κ1) is 11.9. The molecule has 0 saturated heterocycles. The Labute approximate surface area is 115 Å². The second-order valence-corrected chi connectivity index (χ2v) is 4.52. The van der Waals surface area contributed by atoms with Crippen LogP contribution in [0.1, 0.15) is 0 Å². The van der Waals surface area contributed by atoms with Crippen LogP contribution in [0.25, 0.3) is 22.3 Å². The summed E-state index contributed by atoms with van der Waals surface area (Å²) in [5, 5.41) is 1.60. The number of aromatic nitrogens is 2. The van der Waals surface area contributed by atoms with Gasteiger partial charge in [0.25, 0.3) is 0 Å². The standard InChI is InChI=1S/C15H11ClN2O/c1-19-15-12-4-2-3-5-13(12)17-14(18-15)10-6-8-11(16)9-7-10/h2-9H,1H3. The Morgan fingerprint density at radius 3 is 2.42 bits per heavy atom. The predicted molar refractivity (Wildman–Crippen MR) is 76.5 cm³/mol. The molecule has 1 heterocycles. The van der Waals surface area contributed by atoms with Crippen LogP contribution in [0.2, 0.25) is 5.02 Å². The molecule has 0 spiro atoms. The van der Waals surface area contributed by atoms with Gasteiger partial charge in [-0.15, -0.1) is 0 Å². The summed E-state index contributed by atoms with van der Waals surface area (Å²) in [5.74, 6) is 1.21. The molecule has 0 radical (unpaired) electrons. The van der Waals surface area contributed by atoms with Gasteiger partial charge >= 0.3 is 0 Å². The Balaban J connectivity index is 2.22. The van der Waals surface area contributed by atoms with E-state index in [0.29, 0.717) is 16.7 Å². The zero-order chi connectivity index (χ0) is 13.2. The van der Waals surface area contributed by atoms with Crippen LogP contribution >= 0.6 is 11.6 Å². The van der Waals surface area contributed by atoms with Gasteiger partial charge in [0.2, 0.25) is 5.88 Å². The molecule has 2 aromatic carbocycles. The fourth-order valence-corrected chi connectivity index (χ4v) is 2.06. The highest BCUT2D eigenvalue weighted by Gasteiger charge is 2.09. The molecule has 0 fully saturated rings. The smallest absolute Gasteiger partial charge is 0.224 e. The molecule has 0 saturated carbocycles. The number of fused-ring (bicyclic) bond motifs is 1. The minimum Gasteiger partial charge on any atom is -0.480 e. The van der Waals surface area contributed by atoms with E-state index >= 15 is 0 Å². The van der Waals surface area contributed by atoms with E-state index < -0.39 is 0 Å². The topological polar surface area (TPSA) is 35.0 Å². The number of methoxy groups -OCH3 is 1. The second-order valence-electron chi connectivity index (χ2n) is 4.08. The van der Waals surface area contributed by atoms with Gasteiger partial charge in [-0.05, 0) is 36.4 Å². The Morgan fingerprint density at radius 2 is 1.68 bits per heavy atom. The summed E-state index contributed by atoms with van der Waals surface area (Å²) in [7, 11) is 1.61. The summed E-state index contributed by atoms with van der Waals surface area (Å²) in [6.45, 7) is 0. The molecule has 0 aliphatic carbocycles. The first-order chi connectivity index (χ1) is 9.28. The lowest BCUT2D eigenvalue weighted by Gasteiger charge is -2.07. The fraction of sp³-hybridized carbons (Fsp3) is 0.0667. The van der Waals surface area contributed by atoms with Crippen molar-refractivity contribution in [3.8, 4) is 17.3 Å². The minimum atomic E-state index is 0.579. The normalized spacial score (nSPS) is 10.6. The number of para-hydroxylation sites is 1. The maximum absolute atomic E-state index is 5.89. The number of nitrogens with zero attached hydrogens (tertiary/aromatic N) is 2. The van der Waals surface area contributed by atoms with Crippen molar-refractivity contribution < 1.29 is 4.74 Å². The maximum Gasteiger partial charge on any atom is 0.224 e. The highest BCUT2D eigenvalue weighted by Crippen LogP contribution is 2.26. The zero-order valence-electron chi connectivity index (χ0n) is 10.3. The van der Waals surface area contributed by atoms with Crippen LogP contribution in [0.4, 0.5) is 0 Å². The number of rotatable bonds is 2. The molecule has 1 aromatic heterocycles. The number of halogens is 1. The van der Waals surface area contributed by atoms with Gasteiger partial charge in [-0.2, -0.15) is 4.98 Å². The summed E-state index contributed by atoms with van der Waals surface area (Å²) < 4.78 is 5.34. The van der Waals surface area contributed by atoms with Crippen LogP contribution in [0.5, 0.6) is 5.88 Å². The van der Waals surface area contributed by atoms with Gasteiger partial charge in [-0.3, -0.25) is 0 Å². The Morgan fingerprint density at radius 1 is 0.947 bits per heavy atom. The molecular formula is C15H11ClN2O. The summed E-state index contributed by atoms with van der Waals surface area (Å²) in [5.41, 5.74) is 1.77. The van der Waals surface area contributed by atoms with Gasteiger partial charge in [0.15, 0.2) is 5.82 Å². The predicted octanol–water partition coefficient (Wildman–Crippen LogP) is 3.96. The number of benzene rings is 2. The van der Waals surface area contributed by atoms with Crippen LogP contribution < -0.4 is 4.74 Å². The lowest BCUT2D eigenvalue weighted by Crippen LogP contribution is -1.95. The van der Waals surface area contributed by atoms with E-state index in [2.05, 4.69) is 9.97 Å². The van der Waals surface area contributed by atoms with E-state index in [4.69, 9.17) is 16.3 Å². The maximum atomic E-state index is 5.89. The number of hydrogen-bond acceptors (Lipinski definition) is 3. The summed E-state index contributed by atoms with van der Waals surface area (Å²) >= 11 is 5.89. The fourth-order valence-electron chi connectivity index (χ4n) is 1.93. The first-order valence-electron chi connectivity index (χ1n) is 5.84. The average Bonchev–Trinajstić information content (AvgIpc) is 2.47. The van der Waals surface area contributed by atoms with Crippen molar-refractivity contribution in [2.75, 3.05) is 7.11 Å². The number of hydrogen-bond donors (Lipinski definition) is 0. The molecule has 4 heteroatoms. The molecule has 0 unspecified atom stereocenters. The van der Waals surface area contributed by atoms with E-state index in [9.17, 15) is 0 Å². The SMILES string of the molecule is COc1nc(-c2ccc(Cl)cc2)nc2ccccc12. The zero-order valence-corrected chi connectivity index (χ0v) is 11.1. The lowest BCUT2D eigenvalue weighted by molar-refractivity contribution is 0.403. The molecule has 0 aliphatic heterocycles. The van der Waals surface area contributed by atoms with Crippen molar-refractivity contribution in [2.45, 2.75) is 0 Å². The van der Waals surface area contributed by atoms with Gasteiger partial charge < -0.3 is 4.74 Å². The molecule has 0 N–H and O–H groups in total. The molecule has 3 rings (SSSR count). The number of ether oxygens (including phenoxy) is 1. The first-order valence-corrected chi connectivity index (χ1v) is 6.22. The van der Waals surface area contributed by atoms with Crippen molar-refractivity contribution in [2.24, 2.45) is 0 Å². The van der Waals surface area contributed by atoms with Gasteiger partial charge in [0.1, 0.15) is 0 Å². The Hall–Kier alpha value is -2.13. The van der Waals surface area contributed by atoms with E-state index in [0.717, 1.165) is 16.5 Å². The van der Waals surface area contributed by atoms with Crippen molar-refractivity contribution in [1.82, 2.24) is 9.97 Å². The molecule has 0 bridgehead atoms. The quantitative estimate of drug-likeness (QED) is 0.707. The molecule has 3 nitrogen and oxygen atoms in total. The van der Waals surface area contributed by atoms with Gasteiger partial charge in [0, 0.05) is 10.6 Å². The van der Waals surface area contributed by atoms with E-state index in [1.165, 1.54) is 0 Å². The van der Waals surface area contributed by atoms with Crippen LogP contribution in [-0.4, -0.2) is 17.1 Å². The molecule has 0 aliphatic rings. The average molecular weight is 271 g/mol. The molecule has 94 valence electrons. The second kappa shape index (κ2) is 4.86. The van der Waals surface area contributed by atoms with Crippen molar-refractivity contribution >= 4 is 22.5 Å². The van der Waals surface area contributed by atoms with Crippen LogP contribution in [0, 0.1) is 0 Å². The molecule has 0 amide bonds. The molecule has 0 atom stereocenters. The third-order valence-electron chi connectivity index (χ3n) is 2.86. The van der Waals surface area contributed by atoms with E-state index in [1.54, 1.807) is 7.11 Å². The highest BCUT2D eigenvalue weighted by molar-refractivity contribution is 6.30. The molecular weight excluding hydrogens is 260 g/mol. The highest BCUT2D eigenvalue weighted by atomic mass is 35.5. The van der Waals surface area contributed by atoms with E-state index in [-0.39, 0.29) is 0 Å². The van der Waals surface area contributed by atoms with Crippen LogP contribution in [-0.2, 0) is 0 Å². The van der Waals surface area contributed by atoms with Gasteiger partial charge in [-0.1, -0.05) is 23.7 Å². The summed E-state index contributed by atoms with van der Waals surface area (Å²) in [6, 6.07) is 15.2. The van der Waals surface area contributed by atoms with Crippen LogP contribution in [0.15, 0.2) is 48.5 Å². The molecule has 3 aromatic rings. The van der Waals surface area contributed by atoms with Crippen molar-refractivity contribution in [3.05, 3.63) is 53.6 Å². The summed E-state index contributed by atoms with van der Waals surface area (Å²) in [4.78, 5) is 8.99. The van der Waals surface area contributed by atoms with E-state index in [1.807, 2.05) is 48.5 Å². The largest absolute Gasteiger partial charge is 0.480 e. The summed E-state index contributed by atoms with van der Waals surface area (Å²) in [6.07, 6.45) is 0. The van der Waals surface area contributed by atoms with Gasteiger partial charge in [0.05, 0.1) is 18.0 Å². The molecule has 19 heavy (non-hydrogen) atoms. The third kappa shape index (κ3) is 2.25. The van der Waals surface area contributed by atoms with Crippen LogP contribution in [0.3, 0.4) is 0 Å². The van der Waals surface area contributed by atoms with Gasteiger partial charge in [-0.25, -0.2) is 4.98 Å². The minimum absolute atomic E-state index is 0.579.